The van der Waals surface area contributed by atoms with Crippen LogP contribution in [0.25, 0.3) is 27.7 Å². The standard InChI is InChI=1S/C30H21BO4/c31-23-16-14-20(15-17-23)19-10-12-22(13-11-19)26(32)18-25(21-6-2-1-3-7-21)28-29(33)24-8-4-5-9-27(24)35-30(28)34/h1-18,33H,31H2/b25-18+. The third-order valence-corrected chi connectivity index (χ3v) is 5.97. The van der Waals surface area contributed by atoms with Crippen LogP contribution >= 0.6 is 0 Å². The molecular formula is C30H21BO4. The molecule has 0 saturated heterocycles. The molecular weight excluding hydrogens is 435 g/mol. The Morgan fingerprint density at radius 1 is 0.743 bits per heavy atom. The van der Waals surface area contributed by atoms with Crippen molar-refractivity contribution in [2.75, 3.05) is 0 Å². The van der Waals surface area contributed by atoms with E-state index < -0.39 is 5.63 Å². The lowest BCUT2D eigenvalue weighted by Crippen LogP contribution is -2.09. The number of para-hydroxylation sites is 1. The normalized spacial score (nSPS) is 11.5. The summed E-state index contributed by atoms with van der Waals surface area (Å²) in [6.45, 7) is 0. The van der Waals surface area contributed by atoms with Gasteiger partial charge in [-0.15, -0.1) is 0 Å². The fraction of sp³-hybridized carbons (Fsp3) is 0. The van der Waals surface area contributed by atoms with Crippen molar-refractivity contribution in [3.63, 3.8) is 0 Å². The zero-order chi connectivity index (χ0) is 24.4. The number of benzene rings is 4. The maximum absolute atomic E-state index is 13.3. The van der Waals surface area contributed by atoms with E-state index in [9.17, 15) is 14.7 Å². The third kappa shape index (κ3) is 4.44. The molecule has 0 unspecified atom stereocenters. The second-order valence-electron chi connectivity index (χ2n) is 8.34. The van der Waals surface area contributed by atoms with Crippen LogP contribution in [0.4, 0.5) is 0 Å². The molecule has 35 heavy (non-hydrogen) atoms. The highest BCUT2D eigenvalue weighted by molar-refractivity contribution is 6.32. The molecule has 1 N–H and O–H groups in total. The monoisotopic (exact) mass is 456 g/mol. The lowest BCUT2D eigenvalue weighted by atomic mass is 9.93. The van der Waals surface area contributed by atoms with E-state index in [0.717, 1.165) is 11.1 Å². The predicted molar refractivity (Wildman–Crippen MR) is 142 cm³/mol. The number of hydrogen-bond donors (Lipinski definition) is 1. The first-order chi connectivity index (χ1) is 17.0. The molecule has 0 aliphatic carbocycles. The molecule has 5 aromatic rings. The topological polar surface area (TPSA) is 67.5 Å². The smallest absolute Gasteiger partial charge is 0.348 e. The van der Waals surface area contributed by atoms with Gasteiger partial charge >= 0.3 is 5.63 Å². The van der Waals surface area contributed by atoms with Crippen molar-refractivity contribution in [3.05, 3.63) is 136 Å². The number of aromatic hydroxyl groups is 1. The molecule has 0 amide bonds. The Labute approximate surface area is 203 Å². The maximum Gasteiger partial charge on any atom is 0.348 e. The van der Waals surface area contributed by atoms with Crippen LogP contribution in [0.15, 0.2) is 118 Å². The molecule has 1 heterocycles. The lowest BCUT2D eigenvalue weighted by Gasteiger charge is -2.11. The second kappa shape index (κ2) is 9.31. The van der Waals surface area contributed by atoms with E-state index >= 15 is 0 Å². The zero-order valence-electron chi connectivity index (χ0n) is 19.1. The summed E-state index contributed by atoms with van der Waals surface area (Å²) in [6, 6.07) is 31.3. The second-order valence-corrected chi connectivity index (χ2v) is 8.34. The first kappa shape index (κ1) is 22.2. The van der Waals surface area contributed by atoms with E-state index in [1.807, 2.05) is 62.4 Å². The molecule has 1 aromatic heterocycles. The van der Waals surface area contributed by atoms with Crippen LogP contribution < -0.4 is 11.1 Å². The SMILES string of the molecule is Bc1ccc(-c2ccc(C(=O)/C=C(\c3ccccc3)c3c(O)c4ccccc4oc3=O)cc2)cc1. The van der Waals surface area contributed by atoms with Crippen molar-refractivity contribution < 1.29 is 14.3 Å². The molecule has 0 atom stereocenters. The van der Waals surface area contributed by atoms with E-state index in [1.54, 1.807) is 48.5 Å². The summed E-state index contributed by atoms with van der Waals surface area (Å²) < 4.78 is 5.47. The Bertz CT molecular complexity index is 1610. The van der Waals surface area contributed by atoms with Crippen LogP contribution in [0.2, 0.25) is 0 Å². The lowest BCUT2D eigenvalue weighted by molar-refractivity contribution is 0.104. The molecule has 0 saturated carbocycles. The number of allylic oxidation sites excluding steroid dienone is 1. The molecule has 5 rings (SSSR count). The van der Waals surface area contributed by atoms with Crippen LogP contribution in [0, 0.1) is 0 Å². The fourth-order valence-electron chi connectivity index (χ4n) is 4.08. The summed E-state index contributed by atoms with van der Waals surface area (Å²) in [5, 5.41) is 11.4. The summed E-state index contributed by atoms with van der Waals surface area (Å²) in [5.41, 5.74) is 4.17. The van der Waals surface area contributed by atoms with E-state index in [-0.39, 0.29) is 22.7 Å². The van der Waals surface area contributed by atoms with Crippen molar-refractivity contribution >= 4 is 35.6 Å². The summed E-state index contributed by atoms with van der Waals surface area (Å²) >= 11 is 0. The van der Waals surface area contributed by atoms with Gasteiger partial charge < -0.3 is 9.52 Å². The van der Waals surface area contributed by atoms with Gasteiger partial charge in [-0.3, -0.25) is 4.79 Å². The van der Waals surface area contributed by atoms with Gasteiger partial charge in [0.25, 0.3) is 0 Å². The molecule has 0 fully saturated rings. The van der Waals surface area contributed by atoms with Gasteiger partial charge in [-0.2, -0.15) is 0 Å². The quantitative estimate of drug-likeness (QED) is 0.180. The summed E-state index contributed by atoms with van der Waals surface area (Å²) in [4.78, 5) is 26.2. The van der Waals surface area contributed by atoms with Crippen LogP contribution in [0.5, 0.6) is 5.75 Å². The highest BCUT2D eigenvalue weighted by Gasteiger charge is 2.20. The van der Waals surface area contributed by atoms with Crippen molar-refractivity contribution in [2.45, 2.75) is 0 Å². The first-order valence-corrected chi connectivity index (χ1v) is 11.2. The summed E-state index contributed by atoms with van der Waals surface area (Å²) in [5.74, 6) is -0.499. The average Bonchev–Trinajstić information content (AvgIpc) is 2.89. The Hall–Kier alpha value is -4.64. The number of fused-ring (bicyclic) bond motifs is 1. The van der Waals surface area contributed by atoms with E-state index in [4.69, 9.17) is 4.42 Å². The number of hydrogen-bond acceptors (Lipinski definition) is 4. The highest BCUT2D eigenvalue weighted by Crippen LogP contribution is 2.34. The molecule has 0 radical (unpaired) electrons. The molecule has 168 valence electrons. The van der Waals surface area contributed by atoms with E-state index in [0.29, 0.717) is 22.1 Å². The molecule has 4 aromatic carbocycles. The van der Waals surface area contributed by atoms with Crippen LogP contribution in [-0.2, 0) is 0 Å². The third-order valence-electron chi connectivity index (χ3n) is 5.97. The maximum atomic E-state index is 13.3. The minimum atomic E-state index is -0.709. The van der Waals surface area contributed by atoms with Gasteiger partial charge in [0, 0.05) is 11.1 Å². The summed E-state index contributed by atoms with van der Waals surface area (Å²) in [7, 11) is 2.04. The van der Waals surface area contributed by atoms with Crippen molar-refractivity contribution in [3.8, 4) is 16.9 Å². The largest absolute Gasteiger partial charge is 0.506 e. The minimum Gasteiger partial charge on any atom is -0.506 e. The Morgan fingerprint density at radius 3 is 2.03 bits per heavy atom. The number of carbonyl (C=O) groups excluding carboxylic acids is 1. The van der Waals surface area contributed by atoms with Crippen molar-refractivity contribution in [1.29, 1.82) is 0 Å². The molecule has 0 spiro atoms. The highest BCUT2D eigenvalue weighted by atomic mass is 16.4. The number of ketones is 1. The fourth-order valence-corrected chi connectivity index (χ4v) is 4.08. The van der Waals surface area contributed by atoms with Gasteiger partial charge in [-0.25, -0.2) is 4.79 Å². The minimum absolute atomic E-state index is 0.0421. The molecule has 4 nitrogen and oxygen atoms in total. The molecule has 5 heteroatoms. The number of carbonyl (C=O) groups is 1. The zero-order valence-corrected chi connectivity index (χ0v) is 19.1. The van der Waals surface area contributed by atoms with Crippen molar-refractivity contribution in [1.82, 2.24) is 0 Å². The summed E-state index contributed by atoms with van der Waals surface area (Å²) in [6.07, 6.45) is 1.39. The van der Waals surface area contributed by atoms with Crippen molar-refractivity contribution in [2.24, 2.45) is 0 Å². The van der Waals surface area contributed by atoms with Crippen LogP contribution in [-0.4, -0.2) is 18.7 Å². The van der Waals surface area contributed by atoms with Crippen LogP contribution in [0.1, 0.15) is 21.5 Å². The molecule has 0 bridgehead atoms. The Kier molecular flexibility index (Phi) is 5.90. The Balaban J connectivity index is 1.60. The predicted octanol–water partition coefficient (Wildman–Crippen LogP) is 4.74. The van der Waals surface area contributed by atoms with E-state index in [2.05, 4.69) is 0 Å². The van der Waals surface area contributed by atoms with Gasteiger partial charge in [0.2, 0.25) is 0 Å². The van der Waals surface area contributed by atoms with Gasteiger partial charge in [-0.05, 0) is 34.9 Å². The van der Waals surface area contributed by atoms with Crippen LogP contribution in [0.3, 0.4) is 0 Å². The van der Waals surface area contributed by atoms with Gasteiger partial charge in [-0.1, -0.05) is 96.5 Å². The number of rotatable bonds is 5. The Morgan fingerprint density at radius 2 is 1.34 bits per heavy atom. The molecule has 0 aliphatic rings. The van der Waals surface area contributed by atoms with Gasteiger partial charge in [0.1, 0.15) is 24.7 Å². The molecule has 0 aliphatic heterocycles. The average molecular weight is 456 g/mol. The van der Waals surface area contributed by atoms with Gasteiger partial charge in [0.05, 0.1) is 5.39 Å². The first-order valence-electron chi connectivity index (χ1n) is 11.2. The van der Waals surface area contributed by atoms with E-state index in [1.165, 1.54) is 11.5 Å². The van der Waals surface area contributed by atoms with Gasteiger partial charge in [0.15, 0.2) is 5.78 Å².